The number of aromatic nitrogens is 3. The van der Waals surface area contributed by atoms with E-state index in [1.165, 1.54) is 12.3 Å². The van der Waals surface area contributed by atoms with Gasteiger partial charge in [-0.15, -0.1) is 0 Å². The smallest absolute Gasteiger partial charge is 0.410 e. The number of carbonyl (C=O) groups is 4. The molecule has 2 aliphatic rings. The van der Waals surface area contributed by atoms with Crippen LogP contribution >= 0.6 is 11.6 Å². The molecule has 0 spiro atoms. The standard InChI is InChI=1S/C32H32ClN9O5/c1-32(2,3)47-31(46)41-12-10-40(11-13-41)29(44)19-6-4-8-22(14-19)36-26-17-25(35-23-9-5-7-21(33)16-23)38-27-20(18-34-42(26)27)15-24-28(43)39-30(45)37-24/h4-9,14-18,36H,10-13H2,1-3H3,(H,35,38)(H2,37,39,43,45)/b24-15-. The number of benzene rings is 2. The van der Waals surface area contributed by atoms with Gasteiger partial charge in [-0.1, -0.05) is 23.7 Å². The van der Waals surface area contributed by atoms with Crippen LogP contribution in [0.5, 0.6) is 0 Å². The third-order valence-corrected chi connectivity index (χ3v) is 7.45. The van der Waals surface area contributed by atoms with Crippen molar-refractivity contribution in [2.24, 2.45) is 0 Å². The van der Waals surface area contributed by atoms with Gasteiger partial charge in [0.15, 0.2) is 5.65 Å². The Morgan fingerprint density at radius 3 is 2.32 bits per heavy atom. The summed E-state index contributed by atoms with van der Waals surface area (Å²) >= 11 is 6.19. The highest BCUT2D eigenvalue weighted by Gasteiger charge is 2.28. The van der Waals surface area contributed by atoms with E-state index < -0.39 is 23.6 Å². The van der Waals surface area contributed by atoms with Crippen LogP contribution in [0, 0.1) is 0 Å². The zero-order chi connectivity index (χ0) is 33.3. The molecule has 4 N–H and O–H groups in total. The van der Waals surface area contributed by atoms with Crippen LogP contribution in [0.3, 0.4) is 0 Å². The molecule has 0 radical (unpaired) electrons. The molecule has 2 aliphatic heterocycles. The number of anilines is 4. The van der Waals surface area contributed by atoms with Crippen LogP contribution < -0.4 is 21.3 Å². The van der Waals surface area contributed by atoms with Crippen molar-refractivity contribution in [1.29, 1.82) is 0 Å². The number of hydrogen-bond donors (Lipinski definition) is 4. The highest BCUT2D eigenvalue weighted by molar-refractivity contribution is 6.30. The fraction of sp³-hybridized carbons (Fsp3) is 0.250. The molecule has 0 saturated carbocycles. The fourth-order valence-corrected chi connectivity index (χ4v) is 5.26. The highest BCUT2D eigenvalue weighted by atomic mass is 35.5. The van der Waals surface area contributed by atoms with Gasteiger partial charge < -0.3 is 30.5 Å². The molecule has 0 bridgehead atoms. The lowest BCUT2D eigenvalue weighted by Gasteiger charge is -2.35. The molecule has 0 aliphatic carbocycles. The summed E-state index contributed by atoms with van der Waals surface area (Å²) in [6.07, 6.45) is 2.63. The summed E-state index contributed by atoms with van der Waals surface area (Å²) in [5.74, 6) is 0.219. The average Bonchev–Trinajstić information content (AvgIpc) is 3.57. The van der Waals surface area contributed by atoms with E-state index in [0.717, 1.165) is 0 Å². The second-order valence-electron chi connectivity index (χ2n) is 11.9. The summed E-state index contributed by atoms with van der Waals surface area (Å²) in [5.41, 5.74) is 2.11. The predicted octanol–water partition coefficient (Wildman–Crippen LogP) is 4.74. The molecule has 4 heterocycles. The van der Waals surface area contributed by atoms with Gasteiger partial charge in [0.2, 0.25) is 0 Å². The first-order valence-corrected chi connectivity index (χ1v) is 15.2. The van der Waals surface area contributed by atoms with E-state index in [4.69, 9.17) is 21.3 Å². The van der Waals surface area contributed by atoms with Crippen LogP contribution in [0.1, 0.15) is 36.7 Å². The van der Waals surface area contributed by atoms with Crippen molar-refractivity contribution in [3.05, 3.63) is 82.6 Å². The molecule has 4 aromatic rings. The molecule has 2 saturated heterocycles. The Kier molecular flexibility index (Phi) is 8.43. The topological polar surface area (TPSA) is 162 Å². The number of amides is 5. The Bertz CT molecular complexity index is 1930. The minimum Gasteiger partial charge on any atom is -0.444 e. The number of rotatable bonds is 6. The molecule has 2 aromatic heterocycles. The van der Waals surface area contributed by atoms with Crippen LogP contribution in [-0.4, -0.2) is 80.1 Å². The number of carbonyl (C=O) groups excluding carboxylic acids is 4. The monoisotopic (exact) mass is 657 g/mol. The predicted molar refractivity (Wildman–Crippen MR) is 176 cm³/mol. The maximum atomic E-state index is 13.5. The van der Waals surface area contributed by atoms with E-state index >= 15 is 0 Å². The normalized spacial score (nSPS) is 15.9. The number of halogens is 1. The molecule has 2 fully saturated rings. The second-order valence-corrected chi connectivity index (χ2v) is 12.4. The largest absolute Gasteiger partial charge is 0.444 e. The minimum absolute atomic E-state index is 0.0626. The zero-order valence-electron chi connectivity index (χ0n) is 25.8. The highest BCUT2D eigenvalue weighted by Crippen LogP contribution is 2.27. The molecule has 2 aromatic carbocycles. The van der Waals surface area contributed by atoms with E-state index in [1.807, 2.05) is 32.9 Å². The Balaban J connectivity index is 1.26. The van der Waals surface area contributed by atoms with Crippen LogP contribution in [0.15, 0.2) is 66.5 Å². The molecule has 15 heteroatoms. The van der Waals surface area contributed by atoms with Crippen molar-refractivity contribution in [3.63, 3.8) is 0 Å². The van der Waals surface area contributed by atoms with Crippen molar-refractivity contribution in [1.82, 2.24) is 35.0 Å². The third kappa shape index (κ3) is 7.28. The molecule has 6 rings (SSSR count). The summed E-state index contributed by atoms with van der Waals surface area (Å²) in [6, 6.07) is 15.3. The molecule has 47 heavy (non-hydrogen) atoms. The van der Waals surface area contributed by atoms with Gasteiger partial charge in [0.1, 0.15) is 22.9 Å². The van der Waals surface area contributed by atoms with Crippen molar-refractivity contribution in [2.75, 3.05) is 36.8 Å². The summed E-state index contributed by atoms with van der Waals surface area (Å²) in [5, 5.41) is 16.2. The zero-order valence-corrected chi connectivity index (χ0v) is 26.6. The average molecular weight is 658 g/mol. The minimum atomic E-state index is -0.615. The fourth-order valence-electron chi connectivity index (χ4n) is 5.07. The van der Waals surface area contributed by atoms with Gasteiger partial charge in [0.05, 0.1) is 6.20 Å². The summed E-state index contributed by atoms with van der Waals surface area (Å²) < 4.78 is 7.02. The second kappa shape index (κ2) is 12.6. The Hall–Kier alpha value is -5.63. The number of imide groups is 1. The van der Waals surface area contributed by atoms with Crippen molar-refractivity contribution in [3.8, 4) is 0 Å². The van der Waals surface area contributed by atoms with Gasteiger partial charge in [-0.2, -0.15) is 9.61 Å². The summed E-state index contributed by atoms with van der Waals surface area (Å²) in [4.78, 5) is 57.8. The number of hydrogen-bond acceptors (Lipinski definition) is 9. The van der Waals surface area contributed by atoms with Gasteiger partial charge in [-0.3, -0.25) is 14.9 Å². The number of urea groups is 1. The Morgan fingerprint density at radius 1 is 0.936 bits per heavy atom. The van der Waals surface area contributed by atoms with E-state index in [9.17, 15) is 19.2 Å². The molecule has 14 nitrogen and oxygen atoms in total. The van der Waals surface area contributed by atoms with Crippen molar-refractivity contribution >= 4 is 70.3 Å². The maximum Gasteiger partial charge on any atom is 0.410 e. The molecular weight excluding hydrogens is 626 g/mol. The summed E-state index contributed by atoms with van der Waals surface area (Å²) in [6.45, 7) is 6.96. The first-order valence-electron chi connectivity index (χ1n) is 14.8. The molecule has 0 atom stereocenters. The van der Waals surface area contributed by atoms with Crippen LogP contribution in [0.4, 0.5) is 32.6 Å². The number of piperazine rings is 1. The molecule has 0 unspecified atom stereocenters. The van der Waals surface area contributed by atoms with Gasteiger partial charge in [-0.05, 0) is 63.2 Å². The molecular formula is C32H32ClN9O5. The van der Waals surface area contributed by atoms with Gasteiger partial charge >= 0.3 is 12.1 Å². The first kappa shape index (κ1) is 31.4. The molecule has 242 valence electrons. The lowest BCUT2D eigenvalue weighted by Crippen LogP contribution is -2.51. The lowest BCUT2D eigenvalue weighted by atomic mass is 10.1. The van der Waals surface area contributed by atoms with E-state index in [1.54, 1.807) is 56.8 Å². The van der Waals surface area contributed by atoms with Gasteiger partial charge in [0, 0.05) is 59.8 Å². The van der Waals surface area contributed by atoms with Gasteiger partial charge in [0.25, 0.3) is 11.8 Å². The maximum absolute atomic E-state index is 13.5. The number of nitrogens with one attached hydrogen (secondary N) is 4. The van der Waals surface area contributed by atoms with E-state index in [-0.39, 0.29) is 11.6 Å². The third-order valence-electron chi connectivity index (χ3n) is 7.22. The first-order chi connectivity index (χ1) is 22.4. The van der Waals surface area contributed by atoms with Crippen molar-refractivity contribution < 1.29 is 23.9 Å². The Labute approximate surface area is 274 Å². The SMILES string of the molecule is CC(C)(C)OC(=O)N1CCN(C(=O)c2cccc(Nc3cc(Nc4cccc(Cl)c4)nc4c(/C=C5\NC(=O)NC5=O)cnn34)c2)CC1. The quantitative estimate of drug-likeness (QED) is 0.169. The number of ether oxygens (including phenoxy) is 1. The van der Waals surface area contributed by atoms with E-state index in [0.29, 0.717) is 71.0 Å². The van der Waals surface area contributed by atoms with Crippen LogP contribution in [0.25, 0.3) is 11.7 Å². The number of nitrogens with zero attached hydrogens (tertiary/aromatic N) is 5. The molecule has 5 amide bonds. The van der Waals surface area contributed by atoms with Crippen LogP contribution in [0.2, 0.25) is 5.02 Å². The lowest BCUT2D eigenvalue weighted by molar-refractivity contribution is -0.115. The van der Waals surface area contributed by atoms with Gasteiger partial charge in [-0.25, -0.2) is 14.6 Å². The van der Waals surface area contributed by atoms with Crippen LogP contribution in [-0.2, 0) is 9.53 Å². The van der Waals surface area contributed by atoms with Crippen molar-refractivity contribution in [2.45, 2.75) is 26.4 Å². The Morgan fingerprint density at radius 2 is 1.64 bits per heavy atom. The summed E-state index contributed by atoms with van der Waals surface area (Å²) in [7, 11) is 0. The number of fused-ring (bicyclic) bond motifs is 1. The van der Waals surface area contributed by atoms with E-state index in [2.05, 4.69) is 26.4 Å².